The minimum atomic E-state index is -0.173. The van der Waals surface area contributed by atoms with E-state index in [4.69, 9.17) is 0 Å². The largest absolute Gasteiger partial charge is 0.323 e. The number of aromatic nitrogens is 4. The molecule has 0 saturated heterocycles. The van der Waals surface area contributed by atoms with Crippen molar-refractivity contribution >= 4 is 22.5 Å². The summed E-state index contributed by atoms with van der Waals surface area (Å²) in [7, 11) is 1.77. The molecule has 0 fully saturated rings. The van der Waals surface area contributed by atoms with Crippen molar-refractivity contribution in [1.29, 1.82) is 0 Å². The molecular weight excluding hydrogens is 282 g/mol. The predicted molar refractivity (Wildman–Crippen MR) is 82.5 cm³/mol. The number of amides is 1. The summed E-state index contributed by atoms with van der Waals surface area (Å²) in [5, 5.41) is 7.26. The number of benzene rings is 1. The number of aryl methyl sites for hydroxylation is 2. The fraction of sp³-hybridized carbons (Fsp3) is 0.200. The van der Waals surface area contributed by atoms with Crippen LogP contribution in [-0.4, -0.2) is 25.2 Å². The minimum Gasteiger partial charge on any atom is -0.323 e. The molecule has 0 saturated carbocycles. The van der Waals surface area contributed by atoms with E-state index in [9.17, 15) is 9.59 Å². The van der Waals surface area contributed by atoms with Gasteiger partial charge in [-0.3, -0.25) is 18.8 Å². The van der Waals surface area contributed by atoms with Crippen molar-refractivity contribution in [3.05, 3.63) is 53.3 Å². The van der Waals surface area contributed by atoms with Crippen molar-refractivity contribution in [2.75, 3.05) is 5.32 Å². The highest BCUT2D eigenvalue weighted by molar-refractivity contribution is 5.90. The average Bonchev–Trinajstić information content (AvgIpc) is 2.92. The molecule has 2 aromatic heterocycles. The molecule has 0 unspecified atom stereocenters. The van der Waals surface area contributed by atoms with Gasteiger partial charge in [0, 0.05) is 26.2 Å². The van der Waals surface area contributed by atoms with Crippen LogP contribution in [-0.2, 0) is 18.4 Å². The fourth-order valence-electron chi connectivity index (χ4n) is 2.20. The van der Waals surface area contributed by atoms with Gasteiger partial charge in [0.1, 0.15) is 0 Å². The minimum absolute atomic E-state index is 0.139. The number of fused-ring (bicyclic) bond motifs is 1. The van der Waals surface area contributed by atoms with Crippen LogP contribution >= 0.6 is 0 Å². The second-order valence-corrected chi connectivity index (χ2v) is 4.96. The summed E-state index contributed by atoms with van der Waals surface area (Å²) >= 11 is 0. The second-order valence-electron chi connectivity index (χ2n) is 4.96. The monoisotopic (exact) mass is 297 g/mol. The van der Waals surface area contributed by atoms with E-state index in [1.54, 1.807) is 42.3 Å². The number of rotatable bonds is 4. The summed E-state index contributed by atoms with van der Waals surface area (Å²) in [5.41, 5.74) is 1.15. The van der Waals surface area contributed by atoms with Crippen LogP contribution in [0.5, 0.6) is 0 Å². The molecule has 3 rings (SSSR count). The van der Waals surface area contributed by atoms with Gasteiger partial charge in [-0.1, -0.05) is 12.1 Å². The van der Waals surface area contributed by atoms with Crippen LogP contribution in [0.2, 0.25) is 0 Å². The molecule has 112 valence electrons. The van der Waals surface area contributed by atoms with Crippen molar-refractivity contribution in [2.45, 2.75) is 13.0 Å². The zero-order valence-electron chi connectivity index (χ0n) is 12.1. The highest BCUT2D eigenvalue weighted by Gasteiger charge is 2.07. The number of para-hydroxylation sites is 1. The number of hydrogen-bond acceptors (Lipinski definition) is 4. The molecule has 7 nitrogen and oxygen atoms in total. The van der Waals surface area contributed by atoms with Gasteiger partial charge in [-0.15, -0.1) is 0 Å². The van der Waals surface area contributed by atoms with Crippen molar-refractivity contribution in [2.24, 2.45) is 7.05 Å². The first-order chi connectivity index (χ1) is 10.6. The molecule has 1 aromatic carbocycles. The summed E-state index contributed by atoms with van der Waals surface area (Å²) in [6.45, 7) is 0.281. The van der Waals surface area contributed by atoms with Gasteiger partial charge >= 0.3 is 0 Å². The number of anilines is 1. The number of carbonyl (C=O) groups excluding carboxylic acids is 1. The quantitative estimate of drug-likeness (QED) is 0.783. The van der Waals surface area contributed by atoms with Crippen molar-refractivity contribution in [3.63, 3.8) is 0 Å². The molecule has 0 bridgehead atoms. The van der Waals surface area contributed by atoms with Gasteiger partial charge in [0.2, 0.25) is 5.91 Å². The van der Waals surface area contributed by atoms with E-state index in [2.05, 4.69) is 15.4 Å². The van der Waals surface area contributed by atoms with Crippen LogP contribution in [0.25, 0.3) is 10.9 Å². The van der Waals surface area contributed by atoms with Crippen LogP contribution < -0.4 is 10.9 Å². The van der Waals surface area contributed by atoms with E-state index in [-0.39, 0.29) is 24.4 Å². The van der Waals surface area contributed by atoms with Crippen LogP contribution in [0.3, 0.4) is 0 Å². The van der Waals surface area contributed by atoms with Crippen molar-refractivity contribution in [3.8, 4) is 0 Å². The van der Waals surface area contributed by atoms with Gasteiger partial charge in [0.15, 0.2) is 0 Å². The Hall–Kier alpha value is -2.96. The SMILES string of the molecule is Cn1cc(NC(=O)CCn2cnc3ccccc3c2=O)cn1. The molecule has 1 N–H and O–H groups in total. The third-order valence-corrected chi connectivity index (χ3v) is 3.30. The smallest absolute Gasteiger partial charge is 0.261 e. The lowest BCUT2D eigenvalue weighted by Gasteiger charge is -2.06. The van der Waals surface area contributed by atoms with Crippen molar-refractivity contribution < 1.29 is 4.79 Å². The molecule has 0 aliphatic rings. The number of hydrogen-bond donors (Lipinski definition) is 1. The molecule has 0 aliphatic heterocycles. The Labute approximate surface area is 126 Å². The first-order valence-corrected chi connectivity index (χ1v) is 6.86. The number of nitrogens with zero attached hydrogens (tertiary/aromatic N) is 4. The first kappa shape index (κ1) is 14.0. The Morgan fingerprint density at radius 2 is 2.14 bits per heavy atom. The van der Waals surface area contributed by atoms with E-state index in [0.717, 1.165) is 0 Å². The fourth-order valence-corrected chi connectivity index (χ4v) is 2.20. The molecular formula is C15H15N5O2. The van der Waals surface area contributed by atoms with E-state index in [1.165, 1.54) is 10.9 Å². The van der Waals surface area contributed by atoms with Crippen molar-refractivity contribution in [1.82, 2.24) is 19.3 Å². The standard InChI is InChI=1S/C15H15N5O2/c1-19-9-11(8-17-19)18-14(21)6-7-20-10-16-13-5-3-2-4-12(13)15(20)22/h2-5,8-10H,6-7H2,1H3,(H,18,21). The lowest BCUT2D eigenvalue weighted by Crippen LogP contribution is -2.23. The maximum Gasteiger partial charge on any atom is 0.261 e. The number of nitrogens with one attached hydrogen (secondary N) is 1. The van der Waals surface area contributed by atoms with E-state index >= 15 is 0 Å². The number of carbonyl (C=O) groups is 1. The molecule has 0 spiro atoms. The summed E-state index contributed by atoms with van der Waals surface area (Å²) in [6, 6.07) is 7.15. The lowest BCUT2D eigenvalue weighted by molar-refractivity contribution is -0.116. The molecule has 0 radical (unpaired) electrons. The van der Waals surface area contributed by atoms with Crippen LogP contribution in [0.1, 0.15) is 6.42 Å². The Balaban J connectivity index is 1.70. The summed E-state index contributed by atoms with van der Waals surface area (Å²) < 4.78 is 3.05. The highest BCUT2D eigenvalue weighted by atomic mass is 16.2. The summed E-state index contributed by atoms with van der Waals surface area (Å²) in [4.78, 5) is 28.4. The molecule has 7 heteroatoms. The third kappa shape index (κ3) is 2.88. The summed E-state index contributed by atoms with van der Waals surface area (Å²) in [6.07, 6.45) is 4.94. The lowest BCUT2D eigenvalue weighted by atomic mass is 10.2. The predicted octanol–water partition coefficient (Wildman–Crippen LogP) is 1.16. The second kappa shape index (κ2) is 5.80. The molecule has 0 aliphatic carbocycles. The van der Waals surface area contributed by atoms with Gasteiger partial charge in [0.05, 0.1) is 29.1 Å². The Morgan fingerprint density at radius 3 is 2.91 bits per heavy atom. The zero-order chi connectivity index (χ0) is 15.5. The molecule has 1 amide bonds. The van der Waals surface area contributed by atoms with Crippen LogP contribution in [0.4, 0.5) is 5.69 Å². The van der Waals surface area contributed by atoms with Gasteiger partial charge in [0.25, 0.3) is 5.56 Å². The van der Waals surface area contributed by atoms with Crippen LogP contribution in [0, 0.1) is 0 Å². The van der Waals surface area contributed by atoms with Gasteiger partial charge in [-0.25, -0.2) is 4.98 Å². The van der Waals surface area contributed by atoms with Crippen LogP contribution in [0.15, 0.2) is 47.8 Å². The average molecular weight is 297 g/mol. The van der Waals surface area contributed by atoms with E-state index in [0.29, 0.717) is 16.6 Å². The van der Waals surface area contributed by atoms with E-state index in [1.807, 2.05) is 6.07 Å². The van der Waals surface area contributed by atoms with Gasteiger partial charge < -0.3 is 5.32 Å². The van der Waals surface area contributed by atoms with Gasteiger partial charge in [-0.2, -0.15) is 5.10 Å². The summed E-state index contributed by atoms with van der Waals surface area (Å²) in [5.74, 6) is -0.173. The maximum atomic E-state index is 12.3. The molecule has 0 atom stereocenters. The zero-order valence-corrected chi connectivity index (χ0v) is 12.1. The topological polar surface area (TPSA) is 81.8 Å². The molecule has 3 aromatic rings. The Bertz CT molecular complexity index is 881. The molecule has 22 heavy (non-hydrogen) atoms. The van der Waals surface area contributed by atoms with Gasteiger partial charge in [-0.05, 0) is 12.1 Å². The molecule has 2 heterocycles. The normalized spacial score (nSPS) is 10.8. The Morgan fingerprint density at radius 1 is 1.32 bits per heavy atom. The highest BCUT2D eigenvalue weighted by Crippen LogP contribution is 2.06. The first-order valence-electron chi connectivity index (χ1n) is 6.86. The Kier molecular flexibility index (Phi) is 3.69. The van der Waals surface area contributed by atoms with E-state index < -0.39 is 0 Å². The maximum absolute atomic E-state index is 12.3. The third-order valence-electron chi connectivity index (χ3n) is 3.30.